The SMILES string of the molecule is [H+].[H+].[H+].[H+].[H+].[H+].[H+].[H+].[H+].[H+].[H+].[H+].[O-]B([O-])[O-].[O-]B([O-])[O-].[O-]B([O-])[O-].[O-]B([O-])[O-]. The zero-order valence-corrected chi connectivity index (χ0v) is 7.21. The van der Waals surface area contributed by atoms with Crippen molar-refractivity contribution in [3.8, 4) is 0 Å². The van der Waals surface area contributed by atoms with Crippen molar-refractivity contribution in [1.29, 1.82) is 0 Å². The summed E-state index contributed by atoms with van der Waals surface area (Å²) >= 11 is 0. The van der Waals surface area contributed by atoms with Gasteiger partial charge in [-0.15, -0.1) is 0 Å². The molecule has 96 valence electrons. The standard InChI is InChI=1S/4BO3/c4*2-1(3)4/q4*-3/p+12. The highest BCUT2D eigenvalue weighted by Crippen LogP contribution is 1.00. The summed E-state index contributed by atoms with van der Waals surface area (Å²) in [4.78, 5) is 0. The number of hydrogen-bond donors (Lipinski definition) is 0. The van der Waals surface area contributed by atoms with Crippen LogP contribution in [0.5, 0.6) is 0 Å². The lowest BCUT2D eigenvalue weighted by molar-refractivity contribution is -0.481. The molecule has 0 aromatic heterocycles. The largest absolute Gasteiger partial charge is 1.00 e. The van der Waals surface area contributed by atoms with Crippen molar-refractivity contribution < 1.29 is 77.4 Å². The molecule has 0 spiro atoms. The maximum Gasteiger partial charge on any atom is 1.00 e. The minimum Gasteiger partial charge on any atom is -0.907 e. The molecule has 0 saturated heterocycles. The van der Waals surface area contributed by atoms with Crippen LogP contribution in [0, 0.1) is 0 Å². The van der Waals surface area contributed by atoms with E-state index >= 15 is 0 Å². The highest BCUT2D eigenvalue weighted by atomic mass is 16.5. The van der Waals surface area contributed by atoms with E-state index in [1.165, 1.54) is 0 Å². The second-order valence-electron chi connectivity index (χ2n) is 1.15. The van der Waals surface area contributed by atoms with E-state index in [0.29, 0.717) is 0 Å². The summed E-state index contributed by atoms with van der Waals surface area (Å²) in [6.07, 6.45) is 0. The third-order valence-corrected chi connectivity index (χ3v) is 0. The minimum absolute atomic E-state index is 0. The molecule has 16 heavy (non-hydrogen) atoms. The van der Waals surface area contributed by atoms with Crippen LogP contribution >= 0.6 is 0 Å². The molecular weight excluding hydrogens is 235 g/mol. The Bertz CT molecular complexity index is 83.6. The molecule has 0 rings (SSSR count). The van der Waals surface area contributed by atoms with Gasteiger partial charge in [0, 0.05) is 0 Å². The summed E-state index contributed by atoms with van der Waals surface area (Å²) in [6, 6.07) is 0. The Morgan fingerprint density at radius 2 is 0.312 bits per heavy atom. The summed E-state index contributed by atoms with van der Waals surface area (Å²) in [5, 5.41) is 101. The number of hydrogen-bond acceptors (Lipinski definition) is 12. The third-order valence-electron chi connectivity index (χ3n) is 0. The Kier molecular flexibility index (Phi) is 31.4. The average molecular weight is 247 g/mol. The lowest BCUT2D eigenvalue weighted by Gasteiger charge is -2.35. The van der Waals surface area contributed by atoms with Crippen molar-refractivity contribution >= 4 is 29.3 Å². The van der Waals surface area contributed by atoms with Gasteiger partial charge in [0.05, 0.1) is 0 Å². The van der Waals surface area contributed by atoms with Crippen LogP contribution in [0.25, 0.3) is 0 Å². The smallest absolute Gasteiger partial charge is 0.907 e. The van der Waals surface area contributed by atoms with Gasteiger partial charge in [-0.05, 0) is 0 Å². The molecule has 16 heteroatoms. The topological polar surface area (TPSA) is 277 Å². The van der Waals surface area contributed by atoms with Gasteiger partial charge in [0.25, 0.3) is 0 Å². The zero-order chi connectivity index (χ0) is 14.3. The maximum atomic E-state index is 8.42. The summed E-state index contributed by atoms with van der Waals surface area (Å²) < 4.78 is 0. The Labute approximate surface area is 108 Å². The molecule has 0 N–H and O–H groups in total. The van der Waals surface area contributed by atoms with Crippen molar-refractivity contribution in [2.24, 2.45) is 0 Å². The van der Waals surface area contributed by atoms with Crippen LogP contribution < -0.4 is 60.3 Å². The van der Waals surface area contributed by atoms with Crippen molar-refractivity contribution in [1.82, 2.24) is 0 Å². The Balaban J connectivity index is -0.00000000429. The molecule has 0 amide bonds. The molecule has 0 radical (unpaired) electrons. The first-order valence-electron chi connectivity index (χ1n) is 2.83. The van der Waals surface area contributed by atoms with Gasteiger partial charge in [-0.2, -0.15) is 0 Å². The fourth-order valence-corrected chi connectivity index (χ4v) is 0. The maximum absolute atomic E-state index is 8.42. The Morgan fingerprint density at radius 1 is 0.312 bits per heavy atom. The van der Waals surface area contributed by atoms with Gasteiger partial charge in [0.15, 0.2) is 0 Å². The molecule has 0 saturated carbocycles. The fraction of sp³-hybridized carbons (Fsp3) is 0. The first-order chi connectivity index (χ1) is 6.93. The first-order valence-corrected chi connectivity index (χ1v) is 2.83. The van der Waals surface area contributed by atoms with Crippen molar-refractivity contribution in [2.75, 3.05) is 0 Å². The molecule has 0 aliphatic carbocycles. The van der Waals surface area contributed by atoms with E-state index in [2.05, 4.69) is 0 Å². The summed E-state index contributed by atoms with van der Waals surface area (Å²) in [7, 11) is -11.7. The summed E-state index contributed by atoms with van der Waals surface area (Å²) in [6.45, 7) is 0. The van der Waals surface area contributed by atoms with E-state index < -0.39 is 29.3 Å². The summed E-state index contributed by atoms with van der Waals surface area (Å²) in [5.41, 5.74) is 0. The fourth-order valence-electron chi connectivity index (χ4n) is 0. The molecule has 0 atom stereocenters. The zero-order valence-electron chi connectivity index (χ0n) is 19.2. The van der Waals surface area contributed by atoms with E-state index in [1.54, 1.807) is 0 Å². The highest BCUT2D eigenvalue weighted by molar-refractivity contribution is 6.24. The van der Waals surface area contributed by atoms with E-state index in [1.807, 2.05) is 0 Å². The predicted octanol–water partition coefficient (Wildman–Crippen LogP) is -14.4. The third kappa shape index (κ3) is 46400. The quantitative estimate of drug-likeness (QED) is 0.360. The molecule has 12 nitrogen and oxygen atoms in total. The molecule has 0 aliphatic rings. The van der Waals surface area contributed by atoms with Gasteiger partial charge in [-0.25, -0.2) is 0 Å². The Morgan fingerprint density at radius 3 is 0.312 bits per heavy atom. The first kappa shape index (κ1) is 24.8. The molecule has 0 bridgehead atoms. The minimum atomic E-state index is -2.92. The molecule has 0 fully saturated rings. The van der Waals surface area contributed by atoms with Crippen LogP contribution in [0.15, 0.2) is 0 Å². The van der Waals surface area contributed by atoms with Gasteiger partial charge < -0.3 is 60.3 Å². The van der Waals surface area contributed by atoms with Crippen LogP contribution in [0.4, 0.5) is 0 Å². The molecule has 0 heterocycles. The predicted molar refractivity (Wildman–Crippen MR) is 36.4 cm³/mol. The van der Waals surface area contributed by atoms with E-state index in [4.69, 9.17) is 60.3 Å². The Hall–Kier alpha value is -0.220. The lowest BCUT2D eigenvalue weighted by atomic mass is 10.3. The monoisotopic (exact) mass is 248 g/mol. The van der Waals surface area contributed by atoms with Crippen LogP contribution in [-0.4, -0.2) is 29.3 Å². The van der Waals surface area contributed by atoms with Gasteiger partial charge in [-0.1, -0.05) is 0 Å². The van der Waals surface area contributed by atoms with Crippen molar-refractivity contribution in [2.45, 2.75) is 0 Å². The highest BCUT2D eigenvalue weighted by Gasteiger charge is 1.18. The van der Waals surface area contributed by atoms with Crippen LogP contribution in [0.3, 0.4) is 0 Å². The molecule has 0 aromatic rings. The van der Waals surface area contributed by atoms with Crippen LogP contribution in [0.1, 0.15) is 17.1 Å². The van der Waals surface area contributed by atoms with Gasteiger partial charge in [0.1, 0.15) is 0 Å². The molecule has 0 unspecified atom stereocenters. The number of rotatable bonds is 0. The van der Waals surface area contributed by atoms with Gasteiger partial charge in [0.2, 0.25) is 0 Å². The molecule has 0 aliphatic heterocycles. The second-order valence-corrected chi connectivity index (χ2v) is 1.15. The van der Waals surface area contributed by atoms with Crippen molar-refractivity contribution in [3.63, 3.8) is 0 Å². The van der Waals surface area contributed by atoms with Crippen LogP contribution in [-0.2, 0) is 0 Å². The van der Waals surface area contributed by atoms with Gasteiger partial charge in [-0.3, -0.25) is 29.3 Å². The second kappa shape index (κ2) is 20.2. The molecular formula is H12B4O12. The van der Waals surface area contributed by atoms with E-state index in [-0.39, 0.29) is 17.1 Å². The van der Waals surface area contributed by atoms with Crippen molar-refractivity contribution in [3.05, 3.63) is 0 Å². The van der Waals surface area contributed by atoms with E-state index in [0.717, 1.165) is 0 Å². The average Bonchev–Trinajstić information content (AvgIpc) is 1.76. The van der Waals surface area contributed by atoms with E-state index in [9.17, 15) is 0 Å². The summed E-state index contributed by atoms with van der Waals surface area (Å²) in [5.74, 6) is 0. The normalized spacial score (nSPS) is 6.75. The molecule has 0 aromatic carbocycles. The van der Waals surface area contributed by atoms with Gasteiger partial charge >= 0.3 is 17.1 Å². The lowest BCUT2D eigenvalue weighted by Crippen LogP contribution is -2.56. The van der Waals surface area contributed by atoms with Crippen LogP contribution in [0.2, 0.25) is 0 Å².